The minimum atomic E-state index is -0.326. The standard InChI is InChI=1S/C28H22N2O4S/c1-33-22-10-8-20(9-11-22)15-30-27(31)25-5-3-2-4-24(25)26(28(30)32)14-19-6-12-23(13-7-19)34-16-21-17-35-18-29-21/h2-14,17-18H,15-16H2,1H3/b26-14-. The number of fused-ring (bicyclic) bond motifs is 1. The van der Waals surface area contributed by atoms with Crippen LogP contribution in [0, 0.1) is 0 Å². The molecule has 2 heterocycles. The number of ether oxygens (including phenoxy) is 2. The lowest BCUT2D eigenvalue weighted by atomic mass is 9.91. The maximum absolute atomic E-state index is 13.5. The molecule has 6 nitrogen and oxygen atoms in total. The van der Waals surface area contributed by atoms with Crippen molar-refractivity contribution in [1.82, 2.24) is 9.88 Å². The lowest BCUT2D eigenvalue weighted by molar-refractivity contribution is -0.123. The van der Waals surface area contributed by atoms with Gasteiger partial charge in [-0.15, -0.1) is 11.3 Å². The van der Waals surface area contributed by atoms with E-state index in [2.05, 4.69) is 4.98 Å². The summed E-state index contributed by atoms with van der Waals surface area (Å²) in [6, 6.07) is 22.1. The summed E-state index contributed by atoms with van der Waals surface area (Å²) in [5.74, 6) is 0.805. The Labute approximate surface area is 207 Å². The predicted molar refractivity (Wildman–Crippen MR) is 135 cm³/mol. The summed E-state index contributed by atoms with van der Waals surface area (Å²) >= 11 is 1.53. The van der Waals surface area contributed by atoms with E-state index in [1.807, 2.05) is 78.2 Å². The van der Waals surface area contributed by atoms with Crippen molar-refractivity contribution in [1.29, 1.82) is 0 Å². The molecular weight excluding hydrogens is 460 g/mol. The molecule has 0 atom stereocenters. The van der Waals surface area contributed by atoms with E-state index in [9.17, 15) is 9.59 Å². The van der Waals surface area contributed by atoms with Gasteiger partial charge in [-0.2, -0.15) is 0 Å². The number of methoxy groups -OCH3 is 1. The van der Waals surface area contributed by atoms with Crippen LogP contribution in [0.1, 0.15) is 32.7 Å². The molecule has 0 N–H and O–H groups in total. The van der Waals surface area contributed by atoms with E-state index in [0.717, 1.165) is 22.6 Å². The van der Waals surface area contributed by atoms with Crippen molar-refractivity contribution >= 4 is 34.8 Å². The molecule has 0 saturated heterocycles. The van der Waals surface area contributed by atoms with Crippen LogP contribution in [-0.2, 0) is 17.9 Å². The largest absolute Gasteiger partial charge is 0.497 e. The van der Waals surface area contributed by atoms with Crippen molar-refractivity contribution in [3.8, 4) is 11.5 Å². The molecule has 7 heteroatoms. The Hall–Kier alpha value is -4.23. The Balaban J connectivity index is 1.42. The minimum absolute atomic E-state index is 0.177. The van der Waals surface area contributed by atoms with Gasteiger partial charge in [0.05, 0.1) is 24.9 Å². The number of hydrogen-bond donors (Lipinski definition) is 0. The molecule has 0 unspecified atom stereocenters. The highest BCUT2D eigenvalue weighted by Gasteiger charge is 2.34. The van der Waals surface area contributed by atoms with Gasteiger partial charge in [-0.3, -0.25) is 14.5 Å². The van der Waals surface area contributed by atoms with Gasteiger partial charge in [0.25, 0.3) is 11.8 Å². The van der Waals surface area contributed by atoms with Gasteiger partial charge in [0.1, 0.15) is 18.1 Å². The van der Waals surface area contributed by atoms with Gasteiger partial charge in [-0.1, -0.05) is 42.5 Å². The third kappa shape index (κ3) is 4.85. The predicted octanol–water partition coefficient (Wildman–Crippen LogP) is 5.45. The summed E-state index contributed by atoms with van der Waals surface area (Å²) < 4.78 is 11.0. The smallest absolute Gasteiger partial charge is 0.261 e. The van der Waals surface area contributed by atoms with Gasteiger partial charge in [0.2, 0.25) is 0 Å². The Kier molecular flexibility index (Phi) is 6.41. The van der Waals surface area contributed by atoms with E-state index in [1.54, 1.807) is 18.7 Å². The summed E-state index contributed by atoms with van der Waals surface area (Å²) in [6.07, 6.45) is 1.82. The zero-order chi connectivity index (χ0) is 24.2. The summed E-state index contributed by atoms with van der Waals surface area (Å²) in [6.45, 7) is 0.578. The molecule has 0 fully saturated rings. The molecule has 2 amide bonds. The fourth-order valence-corrected chi connectivity index (χ4v) is 4.44. The molecular formula is C28H22N2O4S. The highest BCUT2D eigenvalue weighted by molar-refractivity contribution is 7.07. The SMILES string of the molecule is COc1ccc(CN2C(=O)/C(=C\c3ccc(OCc4cscn4)cc3)c3ccccc3C2=O)cc1. The van der Waals surface area contributed by atoms with Crippen molar-refractivity contribution in [3.05, 3.63) is 112 Å². The van der Waals surface area contributed by atoms with E-state index >= 15 is 0 Å². The second kappa shape index (κ2) is 9.95. The van der Waals surface area contributed by atoms with Crippen LogP contribution >= 0.6 is 11.3 Å². The number of hydrogen-bond acceptors (Lipinski definition) is 6. The average Bonchev–Trinajstić information content (AvgIpc) is 3.43. The Bertz CT molecular complexity index is 1380. The lowest BCUT2D eigenvalue weighted by Crippen LogP contribution is -2.41. The Morgan fingerprint density at radius 1 is 0.886 bits per heavy atom. The summed E-state index contributed by atoms with van der Waals surface area (Å²) in [4.78, 5) is 32.2. The van der Waals surface area contributed by atoms with Gasteiger partial charge in [-0.25, -0.2) is 4.98 Å². The molecule has 0 radical (unpaired) electrons. The zero-order valence-corrected chi connectivity index (χ0v) is 19.8. The fourth-order valence-electron chi connectivity index (χ4n) is 3.89. The molecule has 0 spiro atoms. The molecule has 0 saturated carbocycles. The van der Waals surface area contributed by atoms with Crippen LogP contribution in [0.4, 0.5) is 0 Å². The van der Waals surface area contributed by atoms with E-state index in [4.69, 9.17) is 9.47 Å². The van der Waals surface area contributed by atoms with Crippen LogP contribution in [0.2, 0.25) is 0 Å². The second-order valence-electron chi connectivity index (χ2n) is 7.99. The molecule has 4 aromatic rings. The van der Waals surface area contributed by atoms with Crippen molar-refractivity contribution in [2.45, 2.75) is 13.2 Å². The lowest BCUT2D eigenvalue weighted by Gasteiger charge is -2.28. The van der Waals surface area contributed by atoms with E-state index in [0.29, 0.717) is 29.1 Å². The Morgan fingerprint density at radius 3 is 2.29 bits per heavy atom. The number of amides is 2. The van der Waals surface area contributed by atoms with E-state index in [1.165, 1.54) is 16.2 Å². The monoisotopic (exact) mass is 482 g/mol. The summed E-state index contributed by atoms with van der Waals surface area (Å²) in [5, 5.41) is 1.95. The number of benzene rings is 3. The molecule has 174 valence electrons. The molecule has 35 heavy (non-hydrogen) atoms. The Morgan fingerprint density at radius 2 is 1.60 bits per heavy atom. The van der Waals surface area contributed by atoms with Crippen LogP contribution in [0.5, 0.6) is 11.5 Å². The van der Waals surface area contributed by atoms with Crippen molar-refractivity contribution in [2.24, 2.45) is 0 Å². The van der Waals surface area contributed by atoms with Crippen molar-refractivity contribution < 1.29 is 19.1 Å². The summed E-state index contributed by atoms with van der Waals surface area (Å²) in [7, 11) is 1.60. The van der Waals surface area contributed by atoms with Crippen LogP contribution in [-0.4, -0.2) is 28.8 Å². The first-order valence-electron chi connectivity index (χ1n) is 11.0. The van der Waals surface area contributed by atoms with Gasteiger partial charge in [-0.05, 0) is 53.1 Å². The highest BCUT2D eigenvalue weighted by Crippen LogP contribution is 2.32. The first-order chi connectivity index (χ1) is 17.1. The van der Waals surface area contributed by atoms with Crippen LogP contribution in [0.15, 0.2) is 83.7 Å². The van der Waals surface area contributed by atoms with Crippen LogP contribution < -0.4 is 9.47 Å². The average molecular weight is 483 g/mol. The molecule has 5 rings (SSSR count). The van der Waals surface area contributed by atoms with Crippen LogP contribution in [0.25, 0.3) is 11.6 Å². The van der Waals surface area contributed by atoms with Crippen LogP contribution in [0.3, 0.4) is 0 Å². The molecule has 0 aliphatic carbocycles. The number of carbonyl (C=O) groups excluding carboxylic acids is 2. The van der Waals surface area contributed by atoms with Gasteiger partial charge in [0.15, 0.2) is 0 Å². The third-order valence-corrected chi connectivity index (χ3v) is 6.36. The van der Waals surface area contributed by atoms with Crippen molar-refractivity contribution in [2.75, 3.05) is 7.11 Å². The number of thiazole rings is 1. The molecule has 1 aromatic heterocycles. The molecule has 1 aliphatic rings. The molecule has 3 aromatic carbocycles. The van der Waals surface area contributed by atoms with E-state index in [-0.39, 0.29) is 18.4 Å². The number of imide groups is 1. The third-order valence-electron chi connectivity index (χ3n) is 5.73. The summed E-state index contributed by atoms with van der Waals surface area (Å²) in [5.41, 5.74) is 5.95. The second-order valence-corrected chi connectivity index (χ2v) is 8.70. The van der Waals surface area contributed by atoms with Gasteiger partial charge in [0, 0.05) is 16.5 Å². The maximum atomic E-state index is 13.5. The quantitative estimate of drug-likeness (QED) is 0.259. The highest BCUT2D eigenvalue weighted by atomic mass is 32.1. The molecule has 0 bridgehead atoms. The minimum Gasteiger partial charge on any atom is -0.497 e. The van der Waals surface area contributed by atoms with Crippen molar-refractivity contribution in [3.63, 3.8) is 0 Å². The molecule has 1 aliphatic heterocycles. The van der Waals surface area contributed by atoms with Gasteiger partial charge >= 0.3 is 0 Å². The topological polar surface area (TPSA) is 68.7 Å². The first-order valence-corrected chi connectivity index (χ1v) is 12.0. The number of aromatic nitrogens is 1. The number of rotatable bonds is 7. The van der Waals surface area contributed by atoms with E-state index < -0.39 is 0 Å². The maximum Gasteiger partial charge on any atom is 0.261 e. The fraction of sp³-hybridized carbons (Fsp3) is 0.107. The zero-order valence-electron chi connectivity index (χ0n) is 19.0. The number of nitrogens with zero attached hydrogens (tertiary/aromatic N) is 2. The van der Waals surface area contributed by atoms with Gasteiger partial charge < -0.3 is 9.47 Å². The normalized spacial score (nSPS) is 14.2. The first kappa shape index (κ1) is 22.6. The number of carbonyl (C=O) groups is 2.